The van der Waals surface area contributed by atoms with Crippen LogP contribution < -0.4 is 5.32 Å². The van der Waals surface area contributed by atoms with E-state index in [1.54, 1.807) is 0 Å². The van der Waals surface area contributed by atoms with Crippen LogP contribution in [0.2, 0.25) is 0 Å². The average molecular weight is 214 g/mol. The van der Waals surface area contributed by atoms with Crippen LogP contribution in [0.5, 0.6) is 0 Å². The number of nitrogens with one attached hydrogen (secondary N) is 1. The van der Waals surface area contributed by atoms with Gasteiger partial charge in [0.1, 0.15) is 6.17 Å². The zero-order chi connectivity index (χ0) is 11.5. The first-order valence-corrected chi connectivity index (χ1v) is 5.63. The van der Waals surface area contributed by atoms with Crippen LogP contribution in [0.1, 0.15) is 12.8 Å². The highest BCUT2D eigenvalue weighted by Crippen LogP contribution is 2.26. The molecule has 0 amide bonds. The molecule has 0 aromatic heterocycles. The Hall–Kier alpha value is -1.70. The molecule has 0 saturated heterocycles. The van der Waals surface area contributed by atoms with Gasteiger partial charge in [0, 0.05) is 7.05 Å². The van der Waals surface area contributed by atoms with Crippen LogP contribution in [0.3, 0.4) is 0 Å². The topological polar surface area (TPSA) is 15.3 Å². The van der Waals surface area contributed by atoms with E-state index in [4.69, 9.17) is 0 Å². The molecule has 2 heteroatoms. The second kappa shape index (κ2) is 4.44. The molecule has 0 fully saturated rings. The summed E-state index contributed by atoms with van der Waals surface area (Å²) in [5.74, 6) is 0. The van der Waals surface area contributed by atoms with Gasteiger partial charge in [-0.2, -0.15) is 0 Å². The van der Waals surface area contributed by atoms with Crippen LogP contribution in [-0.2, 0) is 0 Å². The molecule has 1 unspecified atom stereocenters. The molecule has 1 aliphatic carbocycles. The summed E-state index contributed by atoms with van der Waals surface area (Å²) in [7, 11) is 2.08. The van der Waals surface area contributed by atoms with Gasteiger partial charge in [0.05, 0.1) is 11.4 Å². The van der Waals surface area contributed by atoms with Gasteiger partial charge in [0.25, 0.3) is 0 Å². The fourth-order valence-corrected chi connectivity index (χ4v) is 2.21. The Morgan fingerprint density at radius 2 is 2.19 bits per heavy atom. The quantitative estimate of drug-likeness (QED) is 0.777. The summed E-state index contributed by atoms with van der Waals surface area (Å²) in [6.45, 7) is 7.67. The minimum absolute atomic E-state index is 0.220. The fraction of sp³-hybridized carbons (Fsp3) is 0.286. The van der Waals surface area contributed by atoms with Crippen LogP contribution >= 0.6 is 0 Å². The first kappa shape index (κ1) is 10.8. The molecule has 2 rings (SSSR count). The Kier molecular flexibility index (Phi) is 3.00. The van der Waals surface area contributed by atoms with Crippen molar-refractivity contribution in [1.82, 2.24) is 10.2 Å². The second-order valence-electron chi connectivity index (χ2n) is 4.05. The van der Waals surface area contributed by atoms with Gasteiger partial charge in [-0.1, -0.05) is 31.4 Å². The van der Waals surface area contributed by atoms with Crippen molar-refractivity contribution in [2.75, 3.05) is 7.05 Å². The zero-order valence-corrected chi connectivity index (χ0v) is 9.74. The molecular weight excluding hydrogens is 196 g/mol. The van der Waals surface area contributed by atoms with Gasteiger partial charge >= 0.3 is 0 Å². The van der Waals surface area contributed by atoms with E-state index in [1.807, 2.05) is 12.2 Å². The van der Waals surface area contributed by atoms with Gasteiger partial charge in [-0.3, -0.25) is 0 Å². The largest absolute Gasteiger partial charge is 0.360 e. The lowest BCUT2D eigenvalue weighted by Crippen LogP contribution is -2.36. The van der Waals surface area contributed by atoms with E-state index in [-0.39, 0.29) is 6.17 Å². The number of hydrogen-bond donors (Lipinski definition) is 1. The number of nitrogens with zero attached hydrogens (tertiary/aromatic N) is 1. The highest BCUT2D eigenvalue weighted by atomic mass is 15.3. The number of rotatable bonds is 3. The molecule has 1 atom stereocenters. The molecule has 0 aromatic rings. The molecule has 0 saturated carbocycles. The van der Waals surface area contributed by atoms with E-state index in [2.05, 4.69) is 48.7 Å². The molecule has 1 aliphatic heterocycles. The number of allylic oxidation sites excluding steroid dienone is 4. The van der Waals surface area contributed by atoms with E-state index in [0.717, 1.165) is 24.2 Å². The maximum atomic E-state index is 3.85. The Bertz CT molecular complexity index is 399. The maximum absolute atomic E-state index is 3.85. The van der Waals surface area contributed by atoms with Gasteiger partial charge in [-0.05, 0) is 30.6 Å². The summed E-state index contributed by atoms with van der Waals surface area (Å²) in [5.41, 5.74) is 3.49. The molecule has 0 spiro atoms. The Labute approximate surface area is 97.3 Å². The summed E-state index contributed by atoms with van der Waals surface area (Å²) >= 11 is 0. The molecular formula is C14H18N2. The number of likely N-dealkylation sites (N-methyl/N-ethyl adjacent to an activating group) is 1. The first-order valence-electron chi connectivity index (χ1n) is 5.63. The van der Waals surface area contributed by atoms with Crippen LogP contribution in [0.15, 0.2) is 60.5 Å². The van der Waals surface area contributed by atoms with E-state index < -0.39 is 0 Å². The van der Waals surface area contributed by atoms with E-state index in [1.165, 1.54) is 5.57 Å². The van der Waals surface area contributed by atoms with E-state index in [0.29, 0.717) is 0 Å². The molecule has 2 aliphatic rings. The standard InChI is InChI=1S/C14H18N2/c1-4-12-13(5-2)16(3)14(15-12)11-9-7-6-8-10-11/h4-5,7,9-10,14-15H,1-2,6,8H2,3H3. The third-order valence-electron chi connectivity index (χ3n) is 3.07. The third-order valence-corrected chi connectivity index (χ3v) is 3.07. The lowest BCUT2D eigenvalue weighted by atomic mass is 10.0. The van der Waals surface area contributed by atoms with E-state index >= 15 is 0 Å². The molecule has 16 heavy (non-hydrogen) atoms. The number of hydrogen-bond acceptors (Lipinski definition) is 2. The normalized spacial score (nSPS) is 24.2. The van der Waals surface area contributed by atoms with Crippen LogP contribution in [0.25, 0.3) is 0 Å². The van der Waals surface area contributed by atoms with Crippen molar-refractivity contribution in [3.8, 4) is 0 Å². The molecule has 0 radical (unpaired) electrons. The Morgan fingerprint density at radius 3 is 2.69 bits per heavy atom. The van der Waals surface area contributed by atoms with Gasteiger partial charge in [-0.25, -0.2) is 0 Å². The van der Waals surface area contributed by atoms with Crippen molar-refractivity contribution >= 4 is 0 Å². The highest BCUT2D eigenvalue weighted by Gasteiger charge is 2.27. The summed E-state index contributed by atoms with van der Waals surface area (Å²) in [5, 5.41) is 3.46. The van der Waals surface area contributed by atoms with Gasteiger partial charge in [0.2, 0.25) is 0 Å². The van der Waals surface area contributed by atoms with Crippen molar-refractivity contribution in [3.05, 3.63) is 60.5 Å². The first-order chi connectivity index (χ1) is 7.77. The lowest BCUT2D eigenvalue weighted by Gasteiger charge is -2.25. The van der Waals surface area contributed by atoms with Crippen LogP contribution in [0.4, 0.5) is 0 Å². The van der Waals surface area contributed by atoms with Gasteiger partial charge < -0.3 is 10.2 Å². The predicted molar refractivity (Wildman–Crippen MR) is 68.6 cm³/mol. The average Bonchev–Trinajstić information content (AvgIpc) is 2.66. The summed E-state index contributed by atoms with van der Waals surface area (Å²) in [4.78, 5) is 2.20. The third kappa shape index (κ3) is 1.71. The lowest BCUT2D eigenvalue weighted by molar-refractivity contribution is 0.361. The van der Waals surface area contributed by atoms with Crippen molar-refractivity contribution in [2.24, 2.45) is 0 Å². The van der Waals surface area contributed by atoms with Crippen LogP contribution in [-0.4, -0.2) is 18.1 Å². The Balaban J connectivity index is 2.23. The molecule has 0 bridgehead atoms. The minimum Gasteiger partial charge on any atom is -0.360 e. The smallest absolute Gasteiger partial charge is 0.125 e. The second-order valence-corrected chi connectivity index (χ2v) is 4.05. The van der Waals surface area contributed by atoms with Crippen molar-refractivity contribution in [1.29, 1.82) is 0 Å². The van der Waals surface area contributed by atoms with Crippen molar-refractivity contribution in [2.45, 2.75) is 19.0 Å². The molecule has 1 heterocycles. The van der Waals surface area contributed by atoms with Crippen LogP contribution in [0, 0.1) is 0 Å². The summed E-state index contributed by atoms with van der Waals surface area (Å²) < 4.78 is 0. The highest BCUT2D eigenvalue weighted by molar-refractivity contribution is 5.40. The molecule has 0 aromatic carbocycles. The maximum Gasteiger partial charge on any atom is 0.125 e. The summed E-state index contributed by atoms with van der Waals surface area (Å²) in [6.07, 6.45) is 12.9. The van der Waals surface area contributed by atoms with Crippen molar-refractivity contribution in [3.63, 3.8) is 0 Å². The fourth-order valence-electron chi connectivity index (χ4n) is 2.21. The SMILES string of the molecule is C=CC1=C(C=C)N(C)C(C2=CCCC=C2)N1. The molecule has 1 N–H and O–H groups in total. The molecule has 2 nitrogen and oxygen atoms in total. The molecule has 84 valence electrons. The summed E-state index contributed by atoms with van der Waals surface area (Å²) in [6, 6.07) is 0. The zero-order valence-electron chi connectivity index (χ0n) is 9.74. The minimum atomic E-state index is 0.220. The van der Waals surface area contributed by atoms with Gasteiger partial charge in [0.15, 0.2) is 0 Å². The Morgan fingerprint density at radius 1 is 1.38 bits per heavy atom. The van der Waals surface area contributed by atoms with Gasteiger partial charge in [-0.15, -0.1) is 0 Å². The van der Waals surface area contributed by atoms with Crippen molar-refractivity contribution < 1.29 is 0 Å². The predicted octanol–water partition coefficient (Wildman–Crippen LogP) is 2.71. The monoisotopic (exact) mass is 214 g/mol. The van der Waals surface area contributed by atoms with E-state index in [9.17, 15) is 0 Å².